The van der Waals surface area contributed by atoms with Gasteiger partial charge in [-0.2, -0.15) is 0 Å². The highest BCUT2D eigenvalue weighted by molar-refractivity contribution is 9.10. The second-order valence-electron chi connectivity index (χ2n) is 5.88. The van der Waals surface area contributed by atoms with Crippen LogP contribution < -0.4 is 0 Å². The lowest BCUT2D eigenvalue weighted by molar-refractivity contribution is -0.150. The first kappa shape index (κ1) is 14.6. The zero-order valence-electron chi connectivity index (χ0n) is 12.1. The van der Waals surface area contributed by atoms with Gasteiger partial charge in [0, 0.05) is 16.4 Å². The molecular weight excluding hydrogens is 334 g/mol. The second-order valence-corrected chi connectivity index (χ2v) is 6.80. The normalized spacial score (nSPS) is 24.5. The highest BCUT2D eigenvalue weighted by Crippen LogP contribution is 2.38. The van der Waals surface area contributed by atoms with E-state index in [-0.39, 0.29) is 6.04 Å². The SMILES string of the molecule is CC(c1cc2cc(Br)ccc2o1)N1CCCC1(C)C(=O)O. The molecule has 1 aromatic carbocycles. The van der Waals surface area contributed by atoms with Crippen molar-refractivity contribution >= 4 is 32.9 Å². The van der Waals surface area contributed by atoms with E-state index < -0.39 is 11.5 Å². The topological polar surface area (TPSA) is 53.7 Å². The largest absolute Gasteiger partial charge is 0.480 e. The molecule has 0 aliphatic carbocycles. The number of hydrogen-bond acceptors (Lipinski definition) is 3. The lowest BCUT2D eigenvalue weighted by atomic mass is 9.97. The number of carboxylic acid groups (broad SMARTS) is 1. The van der Waals surface area contributed by atoms with E-state index in [9.17, 15) is 9.90 Å². The average Bonchev–Trinajstić information content (AvgIpc) is 3.01. The first-order valence-corrected chi connectivity index (χ1v) is 7.90. The van der Waals surface area contributed by atoms with Crippen molar-refractivity contribution in [3.63, 3.8) is 0 Å². The molecule has 0 saturated carbocycles. The summed E-state index contributed by atoms with van der Waals surface area (Å²) >= 11 is 3.45. The minimum absolute atomic E-state index is 0.0558. The van der Waals surface area contributed by atoms with Crippen LogP contribution in [0.3, 0.4) is 0 Å². The van der Waals surface area contributed by atoms with Gasteiger partial charge < -0.3 is 9.52 Å². The summed E-state index contributed by atoms with van der Waals surface area (Å²) in [6, 6.07) is 7.83. The van der Waals surface area contributed by atoms with Crippen molar-refractivity contribution in [1.82, 2.24) is 4.90 Å². The van der Waals surface area contributed by atoms with E-state index in [2.05, 4.69) is 15.9 Å². The van der Waals surface area contributed by atoms with Gasteiger partial charge >= 0.3 is 5.97 Å². The van der Waals surface area contributed by atoms with Crippen LogP contribution in [0.25, 0.3) is 11.0 Å². The molecule has 1 aromatic heterocycles. The molecule has 5 heteroatoms. The lowest BCUT2D eigenvalue weighted by Crippen LogP contribution is -2.48. The zero-order valence-corrected chi connectivity index (χ0v) is 13.7. The molecule has 0 radical (unpaired) electrons. The van der Waals surface area contributed by atoms with Gasteiger partial charge in [0.15, 0.2) is 0 Å². The van der Waals surface area contributed by atoms with Crippen molar-refractivity contribution in [3.8, 4) is 0 Å². The molecule has 1 fully saturated rings. The third-order valence-corrected chi connectivity index (χ3v) is 5.03. The third kappa shape index (κ3) is 2.38. The molecule has 1 saturated heterocycles. The summed E-state index contributed by atoms with van der Waals surface area (Å²) < 4.78 is 6.92. The van der Waals surface area contributed by atoms with E-state index in [0.29, 0.717) is 6.42 Å². The highest BCUT2D eigenvalue weighted by atomic mass is 79.9. The number of likely N-dealkylation sites (tertiary alicyclic amines) is 1. The van der Waals surface area contributed by atoms with Gasteiger partial charge in [0.1, 0.15) is 16.9 Å². The Labute approximate surface area is 131 Å². The summed E-state index contributed by atoms with van der Waals surface area (Å²) in [6.07, 6.45) is 1.58. The standard InChI is InChI=1S/C16H18BrNO3/c1-10(18-7-3-6-16(18,2)15(19)20)14-9-11-8-12(17)4-5-13(11)21-14/h4-5,8-10H,3,6-7H2,1-2H3,(H,19,20). The number of nitrogens with zero attached hydrogens (tertiary/aromatic N) is 1. The summed E-state index contributed by atoms with van der Waals surface area (Å²) in [6.45, 7) is 4.60. The van der Waals surface area contributed by atoms with E-state index in [0.717, 1.165) is 34.2 Å². The third-order valence-electron chi connectivity index (χ3n) is 4.53. The number of furan rings is 1. The van der Waals surface area contributed by atoms with Gasteiger partial charge in [-0.3, -0.25) is 9.69 Å². The Morgan fingerprint density at radius 2 is 2.24 bits per heavy atom. The number of aliphatic carboxylic acids is 1. The van der Waals surface area contributed by atoms with E-state index in [1.165, 1.54) is 0 Å². The van der Waals surface area contributed by atoms with Crippen LogP contribution in [-0.4, -0.2) is 28.1 Å². The number of carbonyl (C=O) groups is 1. The van der Waals surface area contributed by atoms with E-state index in [1.807, 2.05) is 36.1 Å². The summed E-state index contributed by atoms with van der Waals surface area (Å²) in [5.74, 6) is 0.0585. The van der Waals surface area contributed by atoms with Gasteiger partial charge in [0.05, 0.1) is 6.04 Å². The Hall–Kier alpha value is -1.33. The first-order valence-electron chi connectivity index (χ1n) is 7.11. The van der Waals surface area contributed by atoms with Crippen LogP contribution in [-0.2, 0) is 4.79 Å². The quantitative estimate of drug-likeness (QED) is 0.900. The lowest BCUT2D eigenvalue weighted by Gasteiger charge is -2.35. The molecule has 1 aliphatic heterocycles. The number of halogens is 1. The molecule has 0 spiro atoms. The van der Waals surface area contributed by atoms with Crippen LogP contribution in [0.1, 0.15) is 38.5 Å². The molecule has 0 amide bonds. The second kappa shape index (κ2) is 5.14. The number of rotatable bonds is 3. The molecule has 1 aliphatic rings. The fourth-order valence-electron chi connectivity index (χ4n) is 3.23. The number of benzene rings is 1. The Bertz CT molecular complexity index is 696. The van der Waals surface area contributed by atoms with Gasteiger partial charge in [-0.1, -0.05) is 15.9 Å². The summed E-state index contributed by atoms with van der Waals surface area (Å²) in [7, 11) is 0. The molecule has 112 valence electrons. The minimum atomic E-state index is -0.807. The van der Waals surface area contributed by atoms with E-state index in [4.69, 9.17) is 4.42 Å². The summed E-state index contributed by atoms with van der Waals surface area (Å²) in [5, 5.41) is 10.6. The number of hydrogen-bond donors (Lipinski definition) is 1. The average molecular weight is 352 g/mol. The molecular formula is C16H18BrNO3. The minimum Gasteiger partial charge on any atom is -0.480 e. The van der Waals surface area contributed by atoms with Gasteiger partial charge in [-0.25, -0.2) is 0 Å². The monoisotopic (exact) mass is 351 g/mol. The fraction of sp³-hybridized carbons (Fsp3) is 0.438. The maximum absolute atomic E-state index is 11.6. The molecule has 2 unspecified atom stereocenters. The van der Waals surface area contributed by atoms with Gasteiger partial charge in [-0.05, 0) is 51.0 Å². The van der Waals surface area contributed by atoms with Crippen molar-refractivity contribution in [2.45, 2.75) is 38.3 Å². The van der Waals surface area contributed by atoms with Crippen LogP contribution in [0.5, 0.6) is 0 Å². The van der Waals surface area contributed by atoms with Crippen LogP contribution in [0.4, 0.5) is 0 Å². The van der Waals surface area contributed by atoms with Crippen LogP contribution in [0.2, 0.25) is 0 Å². The van der Waals surface area contributed by atoms with Crippen LogP contribution in [0, 0.1) is 0 Å². The van der Waals surface area contributed by atoms with Crippen LogP contribution in [0.15, 0.2) is 33.2 Å². The Morgan fingerprint density at radius 1 is 1.48 bits per heavy atom. The van der Waals surface area contributed by atoms with Crippen molar-refractivity contribution in [3.05, 3.63) is 34.5 Å². The van der Waals surface area contributed by atoms with Crippen molar-refractivity contribution in [2.24, 2.45) is 0 Å². The number of carboxylic acids is 1. The van der Waals surface area contributed by atoms with Crippen molar-refractivity contribution in [1.29, 1.82) is 0 Å². The van der Waals surface area contributed by atoms with Crippen molar-refractivity contribution in [2.75, 3.05) is 6.54 Å². The molecule has 2 heterocycles. The van der Waals surface area contributed by atoms with Crippen molar-refractivity contribution < 1.29 is 14.3 Å². The molecule has 2 aromatic rings. The maximum atomic E-state index is 11.6. The summed E-state index contributed by atoms with van der Waals surface area (Å²) in [5.41, 5.74) is 0.0233. The Kier molecular flexibility index (Phi) is 3.58. The van der Waals surface area contributed by atoms with Crippen LogP contribution >= 0.6 is 15.9 Å². The smallest absolute Gasteiger partial charge is 0.323 e. The zero-order chi connectivity index (χ0) is 15.2. The van der Waals surface area contributed by atoms with E-state index in [1.54, 1.807) is 6.92 Å². The predicted molar refractivity (Wildman–Crippen MR) is 84.3 cm³/mol. The maximum Gasteiger partial charge on any atom is 0.323 e. The first-order chi connectivity index (χ1) is 9.91. The predicted octanol–water partition coefficient (Wildman–Crippen LogP) is 4.20. The van der Waals surface area contributed by atoms with Gasteiger partial charge in [-0.15, -0.1) is 0 Å². The molecule has 2 atom stereocenters. The number of fused-ring (bicyclic) bond motifs is 1. The molecule has 21 heavy (non-hydrogen) atoms. The van der Waals surface area contributed by atoms with E-state index >= 15 is 0 Å². The summed E-state index contributed by atoms with van der Waals surface area (Å²) in [4.78, 5) is 13.6. The molecule has 1 N–H and O–H groups in total. The highest BCUT2D eigenvalue weighted by Gasteiger charge is 2.46. The van der Waals surface area contributed by atoms with Gasteiger partial charge in [0.2, 0.25) is 0 Å². The molecule has 4 nitrogen and oxygen atoms in total. The fourth-order valence-corrected chi connectivity index (χ4v) is 3.61. The van der Waals surface area contributed by atoms with Gasteiger partial charge in [0.25, 0.3) is 0 Å². The Morgan fingerprint density at radius 3 is 2.95 bits per heavy atom. The molecule has 3 rings (SSSR count). The molecule has 0 bridgehead atoms. The Balaban J connectivity index is 1.96.